The van der Waals surface area contributed by atoms with Crippen LogP contribution in [0.4, 0.5) is 0 Å². The number of ketones is 1. The van der Waals surface area contributed by atoms with Crippen LogP contribution in [0.2, 0.25) is 0 Å². The van der Waals surface area contributed by atoms with Gasteiger partial charge in [0, 0.05) is 6.42 Å². The zero-order valence-corrected chi connectivity index (χ0v) is 5.85. The third-order valence-corrected chi connectivity index (χ3v) is 1.77. The lowest BCUT2D eigenvalue weighted by Gasteiger charge is -2.13. The van der Waals surface area contributed by atoms with Gasteiger partial charge in [-0.2, -0.15) is 0 Å². The van der Waals surface area contributed by atoms with Crippen molar-refractivity contribution in [2.75, 3.05) is 0 Å². The van der Waals surface area contributed by atoms with E-state index in [2.05, 4.69) is 0 Å². The van der Waals surface area contributed by atoms with Gasteiger partial charge in [0.25, 0.3) is 0 Å². The molecule has 0 aromatic carbocycles. The molecule has 2 nitrogen and oxygen atoms in total. The quantitative estimate of drug-likeness (QED) is 0.522. The summed E-state index contributed by atoms with van der Waals surface area (Å²) in [5.41, 5.74) is 0.0382. The zero-order valence-electron chi connectivity index (χ0n) is 5.85. The molecule has 0 aliphatic heterocycles. The van der Waals surface area contributed by atoms with Crippen molar-refractivity contribution in [1.29, 1.82) is 0 Å². The lowest BCUT2D eigenvalue weighted by Crippen LogP contribution is -2.10. The monoisotopic (exact) mass is 128 g/mol. The molecule has 1 aliphatic carbocycles. The van der Waals surface area contributed by atoms with Crippen LogP contribution in [0.5, 0.6) is 0 Å². The number of rotatable bonds is 0. The molecule has 0 heterocycles. The summed E-state index contributed by atoms with van der Waals surface area (Å²) in [5.74, 6) is 0.000000000000000222. The van der Waals surface area contributed by atoms with Crippen LogP contribution < -0.4 is 0 Å². The van der Waals surface area contributed by atoms with Gasteiger partial charge in [0.2, 0.25) is 0 Å². The van der Waals surface area contributed by atoms with Crippen LogP contribution in [0.15, 0.2) is 0 Å². The van der Waals surface area contributed by atoms with Gasteiger partial charge in [0.15, 0.2) is 5.78 Å². The van der Waals surface area contributed by atoms with Gasteiger partial charge in [-0.1, -0.05) is 13.8 Å². The topological polar surface area (TPSA) is 37.3 Å². The number of hydrogen-bond donors (Lipinski definition) is 1. The molecular weight excluding hydrogens is 116 g/mol. The van der Waals surface area contributed by atoms with Crippen LogP contribution in [0.25, 0.3) is 0 Å². The number of carbonyl (C=O) groups excluding carboxylic acids is 1. The second kappa shape index (κ2) is 1.81. The molecule has 1 aliphatic rings. The summed E-state index contributed by atoms with van der Waals surface area (Å²) in [6.45, 7) is 4.00. The third kappa shape index (κ3) is 1.30. The minimum Gasteiger partial charge on any atom is -0.385 e. The standard InChI is InChI=1S/C7H12O2/c1-7(2)3-5(8)6(9)4-7/h5,8H,3-4H2,1-2H3/t5-/m0/s1. The third-order valence-electron chi connectivity index (χ3n) is 1.77. The summed E-state index contributed by atoms with van der Waals surface area (Å²) in [7, 11) is 0. The van der Waals surface area contributed by atoms with E-state index in [1.165, 1.54) is 0 Å². The SMILES string of the molecule is CC1(C)CC(=O)[C@@H](O)C1. The van der Waals surface area contributed by atoms with Crippen molar-refractivity contribution in [1.82, 2.24) is 0 Å². The molecule has 0 aromatic heterocycles. The molecule has 1 rings (SSSR count). The van der Waals surface area contributed by atoms with Gasteiger partial charge in [-0.3, -0.25) is 4.79 Å². The molecule has 0 aromatic rings. The normalized spacial score (nSPS) is 33.2. The molecule has 1 atom stereocenters. The van der Waals surface area contributed by atoms with Crippen LogP contribution in [0, 0.1) is 5.41 Å². The van der Waals surface area contributed by atoms with E-state index >= 15 is 0 Å². The molecular formula is C7H12O2. The van der Waals surface area contributed by atoms with Crippen molar-refractivity contribution in [2.45, 2.75) is 32.8 Å². The number of hydrogen-bond acceptors (Lipinski definition) is 2. The minimum atomic E-state index is -0.681. The molecule has 0 saturated heterocycles. The van der Waals surface area contributed by atoms with Gasteiger partial charge >= 0.3 is 0 Å². The van der Waals surface area contributed by atoms with E-state index < -0.39 is 6.10 Å². The fourth-order valence-electron chi connectivity index (χ4n) is 1.30. The summed E-state index contributed by atoms with van der Waals surface area (Å²) in [6.07, 6.45) is 0.486. The maximum Gasteiger partial charge on any atom is 0.161 e. The first-order chi connectivity index (χ1) is 4.01. The Labute approximate surface area is 54.9 Å². The smallest absolute Gasteiger partial charge is 0.161 e. The minimum absolute atomic E-state index is 0.000000000000000222. The van der Waals surface area contributed by atoms with Gasteiger partial charge < -0.3 is 5.11 Å². The molecule has 0 radical (unpaired) electrons. The summed E-state index contributed by atoms with van der Waals surface area (Å²) in [4.78, 5) is 10.7. The first-order valence-electron chi connectivity index (χ1n) is 3.22. The van der Waals surface area contributed by atoms with Crippen LogP contribution in [-0.2, 0) is 4.79 Å². The average Bonchev–Trinajstić information content (AvgIpc) is 1.79. The van der Waals surface area contributed by atoms with E-state index in [9.17, 15) is 4.79 Å². The highest BCUT2D eigenvalue weighted by Crippen LogP contribution is 2.34. The summed E-state index contributed by atoms with van der Waals surface area (Å²) < 4.78 is 0. The molecule has 1 saturated carbocycles. The highest BCUT2D eigenvalue weighted by Gasteiger charge is 2.36. The molecule has 0 spiro atoms. The average molecular weight is 128 g/mol. The van der Waals surface area contributed by atoms with E-state index in [0.29, 0.717) is 12.8 Å². The molecule has 2 heteroatoms. The lowest BCUT2D eigenvalue weighted by molar-refractivity contribution is -0.124. The Kier molecular flexibility index (Phi) is 1.35. The highest BCUT2D eigenvalue weighted by atomic mass is 16.3. The summed E-state index contributed by atoms with van der Waals surface area (Å²) >= 11 is 0. The van der Waals surface area contributed by atoms with E-state index in [1.807, 2.05) is 13.8 Å². The maximum absolute atomic E-state index is 10.7. The van der Waals surface area contributed by atoms with Crippen molar-refractivity contribution >= 4 is 5.78 Å². The number of Topliss-reactive ketones (excluding diaryl/α,β-unsaturated/α-hetero) is 1. The van der Waals surface area contributed by atoms with Gasteiger partial charge in [0.1, 0.15) is 6.10 Å². The molecule has 1 N–H and O–H groups in total. The number of aliphatic hydroxyl groups excluding tert-OH is 1. The van der Waals surface area contributed by atoms with Crippen molar-refractivity contribution in [3.8, 4) is 0 Å². The van der Waals surface area contributed by atoms with E-state index in [0.717, 1.165) is 0 Å². The van der Waals surface area contributed by atoms with E-state index in [1.54, 1.807) is 0 Å². The second-order valence-electron chi connectivity index (χ2n) is 3.53. The molecule has 9 heavy (non-hydrogen) atoms. The van der Waals surface area contributed by atoms with Crippen molar-refractivity contribution in [3.63, 3.8) is 0 Å². The Morgan fingerprint density at radius 3 is 2.33 bits per heavy atom. The zero-order chi connectivity index (χ0) is 7.07. The van der Waals surface area contributed by atoms with Crippen LogP contribution >= 0.6 is 0 Å². The fourth-order valence-corrected chi connectivity index (χ4v) is 1.30. The Bertz CT molecular complexity index is 138. The van der Waals surface area contributed by atoms with Gasteiger partial charge in [-0.25, -0.2) is 0 Å². The Hall–Kier alpha value is -0.370. The largest absolute Gasteiger partial charge is 0.385 e. The Morgan fingerprint density at radius 2 is 2.22 bits per heavy atom. The Morgan fingerprint density at radius 1 is 1.67 bits per heavy atom. The van der Waals surface area contributed by atoms with E-state index in [4.69, 9.17) is 5.11 Å². The number of carbonyl (C=O) groups is 1. The van der Waals surface area contributed by atoms with Crippen LogP contribution in [0.3, 0.4) is 0 Å². The van der Waals surface area contributed by atoms with Gasteiger partial charge in [-0.05, 0) is 11.8 Å². The predicted molar refractivity (Wildman–Crippen MR) is 34.0 cm³/mol. The molecule has 1 fully saturated rings. The Balaban J connectivity index is 2.65. The fraction of sp³-hybridized carbons (Fsp3) is 0.857. The first-order valence-corrected chi connectivity index (χ1v) is 3.22. The summed E-state index contributed by atoms with van der Waals surface area (Å²) in [5, 5.41) is 8.98. The van der Waals surface area contributed by atoms with Gasteiger partial charge in [-0.15, -0.1) is 0 Å². The van der Waals surface area contributed by atoms with Crippen molar-refractivity contribution in [3.05, 3.63) is 0 Å². The van der Waals surface area contributed by atoms with Crippen molar-refractivity contribution in [2.24, 2.45) is 5.41 Å². The predicted octanol–water partition coefficient (Wildman–Crippen LogP) is 0.736. The second-order valence-corrected chi connectivity index (χ2v) is 3.53. The number of aliphatic hydroxyl groups is 1. The molecule has 52 valence electrons. The lowest BCUT2D eigenvalue weighted by atomic mass is 9.92. The van der Waals surface area contributed by atoms with Crippen LogP contribution in [0.1, 0.15) is 26.7 Å². The first kappa shape index (κ1) is 6.75. The van der Waals surface area contributed by atoms with Crippen LogP contribution in [-0.4, -0.2) is 17.0 Å². The van der Waals surface area contributed by atoms with Crippen molar-refractivity contribution < 1.29 is 9.90 Å². The molecule has 0 amide bonds. The van der Waals surface area contributed by atoms with Gasteiger partial charge in [0.05, 0.1) is 0 Å². The molecule has 0 bridgehead atoms. The maximum atomic E-state index is 10.7. The molecule has 0 unspecified atom stereocenters. The highest BCUT2D eigenvalue weighted by molar-refractivity contribution is 5.85. The van der Waals surface area contributed by atoms with E-state index in [-0.39, 0.29) is 11.2 Å². The summed E-state index contributed by atoms with van der Waals surface area (Å²) in [6, 6.07) is 0.